The molecule has 3 heteroatoms. The van der Waals surface area contributed by atoms with Crippen molar-refractivity contribution in [3.63, 3.8) is 0 Å². The minimum atomic E-state index is 0.642. The van der Waals surface area contributed by atoms with Gasteiger partial charge in [0, 0.05) is 44.9 Å². The number of hydrogen-bond acceptors (Lipinski definition) is 3. The van der Waals surface area contributed by atoms with E-state index in [4.69, 9.17) is 4.74 Å². The van der Waals surface area contributed by atoms with Crippen LogP contribution in [0, 0.1) is 17.8 Å². The molecule has 0 saturated carbocycles. The van der Waals surface area contributed by atoms with Gasteiger partial charge >= 0.3 is 0 Å². The van der Waals surface area contributed by atoms with Crippen LogP contribution in [0.1, 0.15) is 54.4 Å². The summed E-state index contributed by atoms with van der Waals surface area (Å²) in [6, 6.07) is 1.34. The van der Waals surface area contributed by atoms with Crippen molar-refractivity contribution in [3.05, 3.63) is 0 Å². The standard InChI is InChI=1S/C18H38N2O/c1-14(2)10-17-12-20(18(11-19-17)16(5)6)8-7-9-21-13-15(3)4/h14-19H,7-13H2,1-6H3. The van der Waals surface area contributed by atoms with Crippen molar-refractivity contribution in [2.45, 2.75) is 66.5 Å². The predicted octanol–water partition coefficient (Wildman–Crippen LogP) is 3.39. The lowest BCUT2D eigenvalue weighted by atomic mass is 9.95. The van der Waals surface area contributed by atoms with Crippen LogP contribution >= 0.6 is 0 Å². The maximum absolute atomic E-state index is 5.73. The number of hydrogen-bond donors (Lipinski definition) is 1. The Labute approximate surface area is 132 Å². The van der Waals surface area contributed by atoms with E-state index >= 15 is 0 Å². The summed E-state index contributed by atoms with van der Waals surface area (Å²) in [6.07, 6.45) is 2.44. The van der Waals surface area contributed by atoms with Crippen molar-refractivity contribution in [3.8, 4) is 0 Å². The second-order valence-electron chi connectivity index (χ2n) is 7.86. The first-order valence-corrected chi connectivity index (χ1v) is 8.95. The SMILES string of the molecule is CC(C)COCCCN1CC(CC(C)C)NCC1C(C)C. The van der Waals surface area contributed by atoms with E-state index in [0.29, 0.717) is 23.9 Å². The molecule has 2 unspecified atom stereocenters. The topological polar surface area (TPSA) is 24.5 Å². The third-order valence-electron chi connectivity index (χ3n) is 4.25. The van der Waals surface area contributed by atoms with Gasteiger partial charge in [0.25, 0.3) is 0 Å². The average molecular weight is 299 g/mol. The van der Waals surface area contributed by atoms with Gasteiger partial charge in [-0.1, -0.05) is 41.5 Å². The summed E-state index contributed by atoms with van der Waals surface area (Å²) in [4.78, 5) is 2.70. The van der Waals surface area contributed by atoms with Gasteiger partial charge < -0.3 is 10.1 Å². The number of piperazine rings is 1. The van der Waals surface area contributed by atoms with Crippen molar-refractivity contribution in [1.29, 1.82) is 0 Å². The smallest absolute Gasteiger partial charge is 0.0489 e. The summed E-state index contributed by atoms with van der Waals surface area (Å²) in [5.74, 6) is 2.13. The van der Waals surface area contributed by atoms with Crippen LogP contribution in [0.25, 0.3) is 0 Å². The Morgan fingerprint density at radius 2 is 1.81 bits per heavy atom. The van der Waals surface area contributed by atoms with Gasteiger partial charge in [-0.3, -0.25) is 4.90 Å². The molecule has 0 radical (unpaired) electrons. The van der Waals surface area contributed by atoms with Gasteiger partial charge in [0.15, 0.2) is 0 Å². The van der Waals surface area contributed by atoms with Gasteiger partial charge in [-0.15, -0.1) is 0 Å². The number of nitrogens with one attached hydrogen (secondary N) is 1. The van der Waals surface area contributed by atoms with Crippen LogP contribution in [-0.4, -0.2) is 49.8 Å². The first-order valence-electron chi connectivity index (χ1n) is 8.95. The van der Waals surface area contributed by atoms with Crippen LogP contribution in [0.4, 0.5) is 0 Å². The van der Waals surface area contributed by atoms with E-state index in [1.54, 1.807) is 0 Å². The molecule has 0 aromatic carbocycles. The quantitative estimate of drug-likeness (QED) is 0.660. The van der Waals surface area contributed by atoms with E-state index in [1.807, 2.05) is 0 Å². The fraction of sp³-hybridized carbons (Fsp3) is 1.00. The van der Waals surface area contributed by atoms with Gasteiger partial charge in [0.2, 0.25) is 0 Å². The molecule has 1 rings (SSSR count). The molecule has 1 fully saturated rings. The van der Waals surface area contributed by atoms with E-state index < -0.39 is 0 Å². The summed E-state index contributed by atoms with van der Waals surface area (Å²) < 4.78 is 5.73. The molecular formula is C18H38N2O. The minimum absolute atomic E-state index is 0.642. The zero-order valence-electron chi connectivity index (χ0n) is 15.2. The molecule has 126 valence electrons. The molecule has 1 heterocycles. The summed E-state index contributed by atoms with van der Waals surface area (Å²) in [5.41, 5.74) is 0. The Kier molecular flexibility index (Phi) is 8.84. The molecule has 0 aliphatic carbocycles. The molecule has 0 amide bonds. The molecular weight excluding hydrogens is 260 g/mol. The van der Waals surface area contributed by atoms with Crippen molar-refractivity contribution in [2.75, 3.05) is 32.8 Å². The van der Waals surface area contributed by atoms with E-state index in [9.17, 15) is 0 Å². The van der Waals surface area contributed by atoms with Gasteiger partial charge in [0.1, 0.15) is 0 Å². The van der Waals surface area contributed by atoms with Crippen LogP contribution in [0.2, 0.25) is 0 Å². The molecule has 1 saturated heterocycles. The molecule has 0 bridgehead atoms. The summed E-state index contributed by atoms with van der Waals surface area (Å²) in [5, 5.41) is 3.76. The Bertz CT molecular complexity index is 266. The molecule has 1 aliphatic rings. The lowest BCUT2D eigenvalue weighted by Crippen LogP contribution is -2.58. The Balaban J connectivity index is 2.36. The number of rotatable bonds is 9. The Morgan fingerprint density at radius 1 is 1.10 bits per heavy atom. The Hall–Kier alpha value is -0.120. The van der Waals surface area contributed by atoms with Crippen LogP contribution < -0.4 is 5.32 Å². The van der Waals surface area contributed by atoms with Crippen LogP contribution in [0.3, 0.4) is 0 Å². The van der Waals surface area contributed by atoms with Crippen LogP contribution in [-0.2, 0) is 4.74 Å². The second kappa shape index (κ2) is 9.81. The maximum Gasteiger partial charge on any atom is 0.0489 e. The minimum Gasteiger partial charge on any atom is -0.381 e. The van der Waals surface area contributed by atoms with Crippen LogP contribution in [0.15, 0.2) is 0 Å². The number of ether oxygens (including phenoxy) is 1. The largest absolute Gasteiger partial charge is 0.381 e. The average Bonchev–Trinajstić information content (AvgIpc) is 2.37. The first-order chi connectivity index (χ1) is 9.90. The zero-order chi connectivity index (χ0) is 15.8. The highest BCUT2D eigenvalue weighted by atomic mass is 16.5. The molecule has 1 N–H and O–H groups in total. The summed E-state index contributed by atoms with van der Waals surface area (Å²) in [7, 11) is 0. The van der Waals surface area contributed by atoms with Gasteiger partial charge in [0.05, 0.1) is 0 Å². The summed E-state index contributed by atoms with van der Waals surface area (Å²) >= 11 is 0. The molecule has 2 atom stereocenters. The molecule has 21 heavy (non-hydrogen) atoms. The zero-order valence-corrected chi connectivity index (χ0v) is 15.2. The normalized spacial score (nSPS) is 24.4. The van der Waals surface area contributed by atoms with E-state index in [1.165, 1.54) is 19.5 Å². The number of nitrogens with zero attached hydrogens (tertiary/aromatic N) is 1. The molecule has 3 nitrogen and oxygen atoms in total. The fourth-order valence-electron chi connectivity index (χ4n) is 3.23. The first kappa shape index (κ1) is 18.9. The van der Waals surface area contributed by atoms with Crippen molar-refractivity contribution in [2.24, 2.45) is 17.8 Å². The molecule has 0 spiro atoms. The van der Waals surface area contributed by atoms with E-state index in [0.717, 1.165) is 32.1 Å². The monoisotopic (exact) mass is 298 g/mol. The highest BCUT2D eigenvalue weighted by Crippen LogP contribution is 2.18. The molecule has 1 aliphatic heterocycles. The Morgan fingerprint density at radius 3 is 2.38 bits per heavy atom. The fourth-order valence-corrected chi connectivity index (χ4v) is 3.23. The summed E-state index contributed by atoms with van der Waals surface area (Å²) in [6.45, 7) is 19.1. The van der Waals surface area contributed by atoms with Gasteiger partial charge in [-0.2, -0.15) is 0 Å². The highest BCUT2D eigenvalue weighted by molar-refractivity contribution is 4.88. The third kappa shape index (κ3) is 7.62. The lowest BCUT2D eigenvalue weighted by molar-refractivity contribution is 0.0650. The second-order valence-corrected chi connectivity index (χ2v) is 7.86. The lowest BCUT2D eigenvalue weighted by Gasteiger charge is -2.43. The molecule has 0 aromatic rings. The highest BCUT2D eigenvalue weighted by Gasteiger charge is 2.29. The van der Waals surface area contributed by atoms with Crippen molar-refractivity contribution in [1.82, 2.24) is 10.2 Å². The third-order valence-corrected chi connectivity index (χ3v) is 4.25. The van der Waals surface area contributed by atoms with Crippen LogP contribution in [0.5, 0.6) is 0 Å². The maximum atomic E-state index is 5.73. The van der Waals surface area contributed by atoms with Crippen molar-refractivity contribution >= 4 is 0 Å². The van der Waals surface area contributed by atoms with E-state index in [-0.39, 0.29) is 0 Å². The predicted molar refractivity (Wildman–Crippen MR) is 91.7 cm³/mol. The van der Waals surface area contributed by atoms with E-state index in [2.05, 4.69) is 51.8 Å². The van der Waals surface area contributed by atoms with Gasteiger partial charge in [-0.05, 0) is 30.6 Å². The van der Waals surface area contributed by atoms with Gasteiger partial charge in [-0.25, -0.2) is 0 Å². The molecule has 0 aromatic heterocycles. The van der Waals surface area contributed by atoms with Crippen molar-refractivity contribution < 1.29 is 4.74 Å².